The monoisotopic (exact) mass is 276 g/mol. The molecule has 1 saturated carbocycles. The van der Waals surface area contributed by atoms with Gasteiger partial charge in [-0.2, -0.15) is 0 Å². The fourth-order valence-electron chi connectivity index (χ4n) is 3.42. The summed E-state index contributed by atoms with van der Waals surface area (Å²) in [6.07, 6.45) is 7.66. The van der Waals surface area contributed by atoms with Crippen LogP contribution in [0.2, 0.25) is 0 Å². The minimum absolute atomic E-state index is 0.220. The normalized spacial score (nSPS) is 30.4. The summed E-state index contributed by atoms with van der Waals surface area (Å²) in [6, 6.07) is 4.57. The molecular weight excluding hydrogens is 252 g/mol. The van der Waals surface area contributed by atoms with Crippen molar-refractivity contribution in [1.82, 2.24) is 9.88 Å². The highest BCUT2D eigenvalue weighted by Gasteiger charge is 2.42. The van der Waals surface area contributed by atoms with E-state index in [9.17, 15) is 0 Å². The van der Waals surface area contributed by atoms with Gasteiger partial charge < -0.3 is 9.47 Å². The maximum absolute atomic E-state index is 6.22. The van der Waals surface area contributed by atoms with Crippen LogP contribution in [0.15, 0.2) is 24.5 Å². The van der Waals surface area contributed by atoms with Crippen LogP contribution in [0.4, 0.5) is 0 Å². The van der Waals surface area contributed by atoms with E-state index in [0.717, 1.165) is 26.1 Å². The van der Waals surface area contributed by atoms with Crippen LogP contribution in [0.1, 0.15) is 31.7 Å². The molecule has 1 aliphatic heterocycles. The Kier molecular flexibility index (Phi) is 4.65. The van der Waals surface area contributed by atoms with Crippen LogP contribution in [0.3, 0.4) is 0 Å². The van der Waals surface area contributed by atoms with E-state index in [0.29, 0.717) is 12.6 Å². The smallest absolute Gasteiger partial charge is 0.0995 e. The number of pyridine rings is 1. The van der Waals surface area contributed by atoms with E-state index in [1.54, 1.807) is 0 Å². The van der Waals surface area contributed by atoms with Crippen molar-refractivity contribution in [2.75, 3.05) is 19.7 Å². The van der Waals surface area contributed by atoms with E-state index < -0.39 is 0 Å². The van der Waals surface area contributed by atoms with E-state index in [1.807, 2.05) is 24.5 Å². The first kappa shape index (κ1) is 14.0. The van der Waals surface area contributed by atoms with Gasteiger partial charge in [-0.05, 0) is 43.5 Å². The zero-order valence-corrected chi connectivity index (χ0v) is 12.2. The Hall–Kier alpha value is -0.970. The summed E-state index contributed by atoms with van der Waals surface area (Å²) in [5.41, 5.74) is 1.19. The molecule has 110 valence electrons. The largest absolute Gasteiger partial charge is 0.374 e. The Morgan fingerprint density at radius 1 is 1.35 bits per heavy atom. The maximum Gasteiger partial charge on any atom is 0.0995 e. The van der Waals surface area contributed by atoms with E-state index in [1.165, 1.54) is 18.4 Å². The van der Waals surface area contributed by atoms with E-state index >= 15 is 0 Å². The number of hydrogen-bond acceptors (Lipinski definition) is 4. The van der Waals surface area contributed by atoms with Crippen LogP contribution < -0.4 is 0 Å². The lowest BCUT2D eigenvalue weighted by Gasteiger charge is -2.30. The molecule has 3 rings (SSSR count). The molecule has 0 amide bonds. The van der Waals surface area contributed by atoms with Crippen LogP contribution in [-0.2, 0) is 16.1 Å². The zero-order chi connectivity index (χ0) is 13.8. The zero-order valence-electron chi connectivity index (χ0n) is 12.2. The summed E-state index contributed by atoms with van der Waals surface area (Å²) in [5.74, 6) is 0. The van der Waals surface area contributed by atoms with Crippen molar-refractivity contribution in [2.24, 2.45) is 0 Å². The molecule has 0 unspecified atom stereocenters. The number of hydrogen-bond donors (Lipinski definition) is 0. The highest BCUT2D eigenvalue weighted by molar-refractivity contribution is 5.08. The Balaban J connectivity index is 1.65. The van der Waals surface area contributed by atoms with Crippen LogP contribution >= 0.6 is 0 Å². The molecule has 3 atom stereocenters. The van der Waals surface area contributed by atoms with E-state index in [-0.39, 0.29) is 12.2 Å². The molecule has 0 N–H and O–H groups in total. The summed E-state index contributed by atoms with van der Waals surface area (Å²) in [4.78, 5) is 6.61. The van der Waals surface area contributed by atoms with Crippen molar-refractivity contribution < 1.29 is 9.47 Å². The molecule has 2 heterocycles. The van der Waals surface area contributed by atoms with Crippen LogP contribution in [-0.4, -0.2) is 47.8 Å². The van der Waals surface area contributed by atoms with Gasteiger partial charge in [0.1, 0.15) is 0 Å². The van der Waals surface area contributed by atoms with Gasteiger partial charge in [-0.1, -0.05) is 6.92 Å². The van der Waals surface area contributed by atoms with Crippen molar-refractivity contribution in [3.8, 4) is 0 Å². The van der Waals surface area contributed by atoms with Crippen molar-refractivity contribution >= 4 is 0 Å². The third-order valence-electron chi connectivity index (χ3n) is 4.37. The Morgan fingerprint density at radius 3 is 3.00 bits per heavy atom. The quantitative estimate of drug-likeness (QED) is 0.826. The number of fused-ring (bicyclic) bond motifs is 2. The van der Waals surface area contributed by atoms with Gasteiger partial charge in [0, 0.05) is 25.0 Å². The molecule has 0 spiro atoms. The third-order valence-corrected chi connectivity index (χ3v) is 4.37. The molecule has 1 aromatic heterocycles. The standard InChI is InChI=1S/C16H24N2O2/c1-2-9-18-10-11-19-15-4-3-14(18)16(15)20-12-13-5-7-17-8-6-13/h5-8,14-16H,2-4,9-12H2,1H3/t14-,15-,16-/m0/s1. The predicted molar refractivity (Wildman–Crippen MR) is 77.4 cm³/mol. The number of rotatable bonds is 5. The van der Waals surface area contributed by atoms with Gasteiger partial charge in [0.2, 0.25) is 0 Å². The van der Waals surface area contributed by atoms with Gasteiger partial charge >= 0.3 is 0 Å². The van der Waals surface area contributed by atoms with Gasteiger partial charge in [-0.25, -0.2) is 0 Å². The summed E-state index contributed by atoms with van der Waals surface area (Å²) >= 11 is 0. The molecule has 4 nitrogen and oxygen atoms in total. The lowest BCUT2D eigenvalue weighted by Crippen LogP contribution is -2.43. The molecule has 2 fully saturated rings. The number of aromatic nitrogens is 1. The second-order valence-corrected chi connectivity index (χ2v) is 5.72. The first-order chi connectivity index (χ1) is 9.88. The number of nitrogens with zero attached hydrogens (tertiary/aromatic N) is 2. The maximum atomic E-state index is 6.22. The van der Waals surface area contributed by atoms with Crippen molar-refractivity contribution in [3.05, 3.63) is 30.1 Å². The summed E-state index contributed by atoms with van der Waals surface area (Å²) in [5, 5.41) is 0. The average molecular weight is 276 g/mol. The highest BCUT2D eigenvalue weighted by atomic mass is 16.5. The van der Waals surface area contributed by atoms with Gasteiger partial charge in [0.15, 0.2) is 0 Å². The van der Waals surface area contributed by atoms with Gasteiger partial charge in [0.05, 0.1) is 25.4 Å². The van der Waals surface area contributed by atoms with Crippen molar-refractivity contribution in [1.29, 1.82) is 0 Å². The molecule has 1 aromatic rings. The highest BCUT2D eigenvalue weighted by Crippen LogP contribution is 2.32. The van der Waals surface area contributed by atoms with E-state index in [4.69, 9.17) is 9.47 Å². The minimum Gasteiger partial charge on any atom is -0.374 e. The fourth-order valence-corrected chi connectivity index (χ4v) is 3.42. The average Bonchev–Trinajstić information content (AvgIpc) is 2.78. The lowest BCUT2D eigenvalue weighted by atomic mass is 10.1. The summed E-state index contributed by atoms with van der Waals surface area (Å²) in [6.45, 7) is 5.94. The second kappa shape index (κ2) is 6.66. The molecule has 1 saturated heterocycles. The predicted octanol–water partition coefficient (Wildman–Crippen LogP) is 2.24. The molecule has 4 heteroatoms. The first-order valence-electron chi connectivity index (χ1n) is 7.74. The van der Waals surface area contributed by atoms with Crippen molar-refractivity contribution in [2.45, 2.75) is 51.0 Å². The third kappa shape index (κ3) is 3.03. The molecule has 1 aliphatic carbocycles. The SMILES string of the molecule is CCCN1CCO[C@H]2CC[C@H]1[C@@H]2OCc1ccncc1. The van der Waals surface area contributed by atoms with Crippen LogP contribution in [0.25, 0.3) is 0 Å². The first-order valence-corrected chi connectivity index (χ1v) is 7.74. The second-order valence-electron chi connectivity index (χ2n) is 5.72. The summed E-state index contributed by atoms with van der Waals surface area (Å²) in [7, 11) is 0. The molecule has 20 heavy (non-hydrogen) atoms. The van der Waals surface area contributed by atoms with Crippen molar-refractivity contribution in [3.63, 3.8) is 0 Å². The van der Waals surface area contributed by atoms with Gasteiger partial charge in [-0.3, -0.25) is 9.88 Å². The molecule has 2 bridgehead atoms. The van der Waals surface area contributed by atoms with Gasteiger partial charge in [0.25, 0.3) is 0 Å². The molecular formula is C16H24N2O2. The molecule has 2 aliphatic rings. The topological polar surface area (TPSA) is 34.6 Å². The van der Waals surface area contributed by atoms with Crippen LogP contribution in [0.5, 0.6) is 0 Å². The minimum atomic E-state index is 0.220. The Labute approximate surface area is 121 Å². The molecule has 0 radical (unpaired) electrons. The lowest BCUT2D eigenvalue weighted by molar-refractivity contribution is -0.0610. The Morgan fingerprint density at radius 2 is 2.20 bits per heavy atom. The summed E-state index contributed by atoms with van der Waals surface area (Å²) < 4.78 is 12.2. The van der Waals surface area contributed by atoms with E-state index in [2.05, 4.69) is 16.8 Å². The van der Waals surface area contributed by atoms with Gasteiger partial charge in [-0.15, -0.1) is 0 Å². The van der Waals surface area contributed by atoms with Crippen LogP contribution in [0, 0.1) is 0 Å². The molecule has 0 aromatic carbocycles. The number of ether oxygens (including phenoxy) is 2. The fraction of sp³-hybridized carbons (Fsp3) is 0.688. The Bertz CT molecular complexity index is 412.